The Morgan fingerprint density at radius 1 is 1.40 bits per heavy atom. The van der Waals surface area contributed by atoms with Gasteiger partial charge in [0.25, 0.3) is 0 Å². The molecule has 2 N–H and O–H groups in total. The third-order valence-corrected chi connectivity index (χ3v) is 3.78. The number of amides is 2. The summed E-state index contributed by atoms with van der Waals surface area (Å²) in [5.74, 6) is 0. The van der Waals surface area contributed by atoms with Crippen LogP contribution >= 0.6 is 0 Å². The molecular formula is C15H23N3O2. The fraction of sp³-hybridized carbons (Fsp3) is 0.600. The zero-order valence-electron chi connectivity index (χ0n) is 12.0. The fourth-order valence-electron chi connectivity index (χ4n) is 2.69. The highest BCUT2D eigenvalue weighted by Crippen LogP contribution is 2.23. The number of carbonyl (C=O) groups is 1. The van der Waals surface area contributed by atoms with Gasteiger partial charge in [0.2, 0.25) is 0 Å². The highest BCUT2D eigenvalue weighted by atomic mass is 16.3. The van der Waals surface area contributed by atoms with Crippen LogP contribution in [0.5, 0.6) is 0 Å². The standard InChI is InChI=1S/C15H23N3O2/c1-12-7-8-13(11-16-12)17-15(20)18(9-10-19)14-5-3-2-4-6-14/h7-8,11,14,19H,2-6,9-10H2,1H3,(H,17,20). The Hall–Kier alpha value is -1.62. The van der Waals surface area contributed by atoms with E-state index < -0.39 is 0 Å². The second-order valence-corrected chi connectivity index (χ2v) is 5.33. The number of hydrogen-bond acceptors (Lipinski definition) is 3. The molecule has 0 saturated heterocycles. The predicted octanol–water partition coefficient (Wildman–Crippen LogP) is 2.55. The first-order valence-electron chi connectivity index (χ1n) is 7.32. The molecule has 1 saturated carbocycles. The minimum atomic E-state index is -0.142. The van der Waals surface area contributed by atoms with Gasteiger partial charge < -0.3 is 15.3 Å². The Labute approximate surface area is 120 Å². The lowest BCUT2D eigenvalue weighted by Crippen LogP contribution is -2.45. The molecule has 0 atom stereocenters. The van der Waals surface area contributed by atoms with E-state index in [-0.39, 0.29) is 18.7 Å². The van der Waals surface area contributed by atoms with E-state index in [4.69, 9.17) is 0 Å². The number of aryl methyl sites for hydroxylation is 1. The van der Waals surface area contributed by atoms with Crippen LogP contribution in [-0.2, 0) is 0 Å². The van der Waals surface area contributed by atoms with Crippen molar-refractivity contribution in [3.05, 3.63) is 24.0 Å². The van der Waals surface area contributed by atoms with Gasteiger partial charge in [-0.15, -0.1) is 0 Å². The summed E-state index contributed by atoms with van der Waals surface area (Å²) >= 11 is 0. The van der Waals surface area contributed by atoms with Gasteiger partial charge in [-0.25, -0.2) is 4.79 Å². The Kier molecular flexibility index (Phi) is 5.35. The molecule has 0 aromatic carbocycles. The van der Waals surface area contributed by atoms with Crippen molar-refractivity contribution in [3.8, 4) is 0 Å². The van der Waals surface area contributed by atoms with Gasteiger partial charge in [0.1, 0.15) is 0 Å². The number of urea groups is 1. The van der Waals surface area contributed by atoms with E-state index in [1.807, 2.05) is 19.1 Å². The molecule has 5 nitrogen and oxygen atoms in total. The van der Waals surface area contributed by atoms with Gasteiger partial charge in [0.15, 0.2) is 0 Å². The molecule has 0 spiro atoms. The molecule has 1 fully saturated rings. The van der Waals surface area contributed by atoms with Gasteiger partial charge in [-0.1, -0.05) is 19.3 Å². The van der Waals surface area contributed by atoms with Crippen molar-refractivity contribution in [2.24, 2.45) is 0 Å². The smallest absolute Gasteiger partial charge is 0.322 e. The molecule has 20 heavy (non-hydrogen) atoms. The minimum Gasteiger partial charge on any atom is -0.395 e. The summed E-state index contributed by atoms with van der Waals surface area (Å²) in [5.41, 5.74) is 1.61. The lowest BCUT2D eigenvalue weighted by molar-refractivity contribution is 0.144. The molecular weight excluding hydrogens is 254 g/mol. The van der Waals surface area contributed by atoms with Crippen molar-refractivity contribution in [3.63, 3.8) is 0 Å². The Balaban J connectivity index is 2.00. The molecule has 1 aliphatic rings. The number of aliphatic hydroxyl groups excluding tert-OH is 1. The lowest BCUT2D eigenvalue weighted by atomic mass is 9.94. The SMILES string of the molecule is Cc1ccc(NC(=O)N(CCO)C2CCCCC2)cn1. The monoisotopic (exact) mass is 277 g/mol. The zero-order chi connectivity index (χ0) is 14.4. The van der Waals surface area contributed by atoms with Crippen LogP contribution in [0.2, 0.25) is 0 Å². The third kappa shape index (κ3) is 3.93. The average Bonchev–Trinajstić information content (AvgIpc) is 2.48. The largest absolute Gasteiger partial charge is 0.395 e. The van der Waals surface area contributed by atoms with Crippen LogP contribution in [0.15, 0.2) is 18.3 Å². The quantitative estimate of drug-likeness (QED) is 0.889. The van der Waals surface area contributed by atoms with E-state index in [0.717, 1.165) is 31.4 Å². The van der Waals surface area contributed by atoms with Gasteiger partial charge >= 0.3 is 6.03 Å². The molecule has 0 unspecified atom stereocenters. The predicted molar refractivity (Wildman–Crippen MR) is 78.7 cm³/mol. The molecule has 0 bridgehead atoms. The first-order valence-corrected chi connectivity index (χ1v) is 7.32. The minimum absolute atomic E-state index is 0.00390. The van der Waals surface area contributed by atoms with Crippen LogP contribution in [0.4, 0.5) is 10.5 Å². The second kappa shape index (κ2) is 7.24. The van der Waals surface area contributed by atoms with E-state index in [0.29, 0.717) is 12.2 Å². The van der Waals surface area contributed by atoms with Crippen LogP contribution in [0, 0.1) is 6.92 Å². The van der Waals surface area contributed by atoms with Crippen LogP contribution in [0.1, 0.15) is 37.8 Å². The Morgan fingerprint density at radius 2 is 2.15 bits per heavy atom. The number of rotatable bonds is 4. The van der Waals surface area contributed by atoms with E-state index in [9.17, 15) is 9.90 Å². The van der Waals surface area contributed by atoms with Gasteiger partial charge in [-0.05, 0) is 31.9 Å². The molecule has 0 radical (unpaired) electrons. The van der Waals surface area contributed by atoms with Gasteiger partial charge in [0.05, 0.1) is 18.5 Å². The maximum atomic E-state index is 12.4. The van der Waals surface area contributed by atoms with Crippen molar-refractivity contribution >= 4 is 11.7 Å². The summed E-state index contributed by atoms with van der Waals surface area (Å²) in [4.78, 5) is 18.3. The Morgan fingerprint density at radius 3 is 2.75 bits per heavy atom. The number of nitrogens with one attached hydrogen (secondary N) is 1. The molecule has 1 aromatic heterocycles. The Bertz CT molecular complexity index is 427. The van der Waals surface area contributed by atoms with Crippen molar-refractivity contribution in [1.82, 2.24) is 9.88 Å². The number of nitrogens with zero attached hydrogens (tertiary/aromatic N) is 2. The van der Waals surface area contributed by atoms with Gasteiger partial charge in [0, 0.05) is 18.3 Å². The molecule has 5 heteroatoms. The zero-order valence-corrected chi connectivity index (χ0v) is 12.0. The summed E-state index contributed by atoms with van der Waals surface area (Å²) in [6.07, 6.45) is 7.27. The lowest BCUT2D eigenvalue weighted by Gasteiger charge is -2.33. The van der Waals surface area contributed by atoms with Gasteiger partial charge in [-0.2, -0.15) is 0 Å². The van der Waals surface area contributed by atoms with Crippen molar-refractivity contribution in [2.45, 2.75) is 45.1 Å². The van der Waals surface area contributed by atoms with Crippen LogP contribution in [-0.4, -0.2) is 40.2 Å². The van der Waals surface area contributed by atoms with E-state index in [1.54, 1.807) is 11.1 Å². The van der Waals surface area contributed by atoms with Crippen molar-refractivity contribution < 1.29 is 9.90 Å². The normalized spacial score (nSPS) is 15.9. The topological polar surface area (TPSA) is 65.5 Å². The maximum Gasteiger partial charge on any atom is 0.322 e. The maximum absolute atomic E-state index is 12.4. The van der Waals surface area contributed by atoms with Crippen LogP contribution in [0.3, 0.4) is 0 Å². The van der Waals surface area contributed by atoms with E-state index in [2.05, 4.69) is 10.3 Å². The second-order valence-electron chi connectivity index (χ2n) is 5.33. The van der Waals surface area contributed by atoms with Crippen LogP contribution in [0.25, 0.3) is 0 Å². The molecule has 1 aromatic rings. The van der Waals surface area contributed by atoms with Crippen LogP contribution < -0.4 is 5.32 Å². The van der Waals surface area contributed by atoms with Crippen molar-refractivity contribution in [2.75, 3.05) is 18.5 Å². The summed E-state index contributed by atoms with van der Waals surface area (Å²) < 4.78 is 0. The summed E-state index contributed by atoms with van der Waals surface area (Å²) in [6, 6.07) is 3.82. The summed E-state index contributed by atoms with van der Waals surface area (Å²) in [7, 11) is 0. The first kappa shape index (κ1) is 14.8. The summed E-state index contributed by atoms with van der Waals surface area (Å²) in [5, 5.41) is 12.0. The number of hydrogen-bond donors (Lipinski definition) is 2. The highest BCUT2D eigenvalue weighted by Gasteiger charge is 2.24. The number of aromatic nitrogens is 1. The van der Waals surface area contributed by atoms with E-state index >= 15 is 0 Å². The average molecular weight is 277 g/mol. The molecule has 2 amide bonds. The number of carbonyl (C=O) groups excluding carboxylic acids is 1. The number of pyridine rings is 1. The first-order chi connectivity index (χ1) is 9.70. The molecule has 1 heterocycles. The van der Waals surface area contributed by atoms with Crippen molar-refractivity contribution in [1.29, 1.82) is 0 Å². The fourth-order valence-corrected chi connectivity index (χ4v) is 2.69. The molecule has 2 rings (SSSR count). The molecule has 110 valence electrons. The number of anilines is 1. The van der Waals surface area contributed by atoms with Gasteiger partial charge in [-0.3, -0.25) is 4.98 Å². The van der Waals surface area contributed by atoms with E-state index in [1.165, 1.54) is 6.42 Å². The third-order valence-electron chi connectivity index (χ3n) is 3.78. The molecule has 1 aliphatic carbocycles. The highest BCUT2D eigenvalue weighted by molar-refractivity contribution is 5.89. The number of aliphatic hydroxyl groups is 1. The molecule has 0 aliphatic heterocycles. The summed E-state index contributed by atoms with van der Waals surface area (Å²) in [6.45, 7) is 2.29.